The highest BCUT2D eigenvalue weighted by atomic mass is 32.2. The van der Waals surface area contributed by atoms with Crippen molar-refractivity contribution in [1.29, 1.82) is 0 Å². The summed E-state index contributed by atoms with van der Waals surface area (Å²) in [6.45, 7) is 10.2. The molecule has 0 aromatic heterocycles. The summed E-state index contributed by atoms with van der Waals surface area (Å²) in [6.07, 6.45) is 2.73. The van der Waals surface area contributed by atoms with Gasteiger partial charge < -0.3 is 5.32 Å². The summed E-state index contributed by atoms with van der Waals surface area (Å²) < 4.78 is 0. The van der Waals surface area contributed by atoms with Crippen LogP contribution in [0.2, 0.25) is 0 Å². The van der Waals surface area contributed by atoms with Gasteiger partial charge in [-0.15, -0.1) is 0 Å². The zero-order valence-corrected chi connectivity index (χ0v) is 18.5. The van der Waals surface area contributed by atoms with Gasteiger partial charge in [-0.25, -0.2) is 0 Å². The fourth-order valence-corrected chi connectivity index (χ4v) is 2.98. The highest BCUT2D eigenvalue weighted by Gasteiger charge is 2.22. The number of hydrogen-bond acceptors (Lipinski definition) is 4. The van der Waals surface area contributed by atoms with E-state index in [9.17, 15) is 14.4 Å². The Kier molecular flexibility index (Phi) is 9.52. The van der Waals surface area contributed by atoms with Gasteiger partial charge in [-0.2, -0.15) is 11.8 Å². The average Bonchev–Trinajstić information content (AvgIpc) is 2.61. The molecule has 0 saturated carbocycles. The van der Waals surface area contributed by atoms with Crippen molar-refractivity contribution in [3.8, 4) is 0 Å². The molecule has 6 nitrogen and oxygen atoms in total. The molecular weight excluding hydrogens is 374 g/mol. The number of nitrogens with one attached hydrogen (secondary N) is 3. The number of hydrogen-bond donors (Lipinski definition) is 3. The molecule has 1 unspecified atom stereocenters. The predicted octanol–water partition coefficient (Wildman–Crippen LogP) is 3.03. The second kappa shape index (κ2) is 11.1. The third-order valence-electron chi connectivity index (χ3n) is 4.16. The Labute approximate surface area is 172 Å². The molecule has 1 atom stereocenters. The summed E-state index contributed by atoms with van der Waals surface area (Å²) in [7, 11) is 0. The first-order valence-corrected chi connectivity index (χ1v) is 10.9. The molecule has 0 heterocycles. The van der Waals surface area contributed by atoms with Crippen LogP contribution in [0.5, 0.6) is 0 Å². The van der Waals surface area contributed by atoms with Crippen molar-refractivity contribution in [2.45, 2.75) is 58.9 Å². The van der Waals surface area contributed by atoms with E-state index in [0.717, 1.165) is 5.56 Å². The average molecular weight is 408 g/mol. The zero-order valence-electron chi connectivity index (χ0n) is 17.7. The molecule has 3 amide bonds. The van der Waals surface area contributed by atoms with Gasteiger partial charge in [-0.1, -0.05) is 46.8 Å². The van der Waals surface area contributed by atoms with E-state index >= 15 is 0 Å². The van der Waals surface area contributed by atoms with Crippen LogP contribution in [0.4, 0.5) is 0 Å². The minimum atomic E-state index is -0.721. The molecule has 0 fully saturated rings. The molecule has 1 rings (SSSR count). The van der Waals surface area contributed by atoms with E-state index in [1.165, 1.54) is 0 Å². The molecule has 0 saturated heterocycles. The lowest BCUT2D eigenvalue weighted by molar-refractivity contribution is -0.130. The lowest BCUT2D eigenvalue weighted by Crippen LogP contribution is -2.52. The van der Waals surface area contributed by atoms with Crippen LogP contribution in [0, 0.1) is 5.92 Å². The number of amides is 3. The highest BCUT2D eigenvalue weighted by molar-refractivity contribution is 7.98. The highest BCUT2D eigenvalue weighted by Crippen LogP contribution is 2.22. The normalized spacial score (nSPS) is 12.4. The predicted molar refractivity (Wildman–Crippen MR) is 115 cm³/mol. The van der Waals surface area contributed by atoms with Gasteiger partial charge in [0.15, 0.2) is 0 Å². The number of thioether (sulfide) groups is 1. The molecule has 156 valence electrons. The van der Waals surface area contributed by atoms with Gasteiger partial charge in [0.25, 0.3) is 11.8 Å². The standard InChI is InChI=1S/C21H33N3O3S/c1-14(2)13-18(25)23-24-20(27)17(11-12-28-6)22-19(26)15-7-9-16(10-8-15)21(3,4)5/h7-10,14,17H,11-13H2,1-6H3,(H,22,26)(H,23,25)(H,24,27). The second-order valence-corrected chi connectivity index (χ2v) is 9.26. The Balaban J connectivity index is 2.74. The van der Waals surface area contributed by atoms with Crippen molar-refractivity contribution in [1.82, 2.24) is 16.2 Å². The van der Waals surface area contributed by atoms with Crippen molar-refractivity contribution in [3.63, 3.8) is 0 Å². The molecule has 1 aromatic rings. The van der Waals surface area contributed by atoms with E-state index in [0.29, 0.717) is 24.2 Å². The Morgan fingerprint density at radius 3 is 2.14 bits per heavy atom. The van der Waals surface area contributed by atoms with Gasteiger partial charge in [0.05, 0.1) is 0 Å². The fourth-order valence-electron chi connectivity index (χ4n) is 2.51. The van der Waals surface area contributed by atoms with Crippen molar-refractivity contribution in [2.75, 3.05) is 12.0 Å². The fraction of sp³-hybridized carbons (Fsp3) is 0.571. The first-order valence-electron chi connectivity index (χ1n) is 9.53. The van der Waals surface area contributed by atoms with E-state index < -0.39 is 11.9 Å². The molecular formula is C21H33N3O3S. The molecule has 0 spiro atoms. The van der Waals surface area contributed by atoms with Crippen LogP contribution < -0.4 is 16.2 Å². The maximum Gasteiger partial charge on any atom is 0.260 e. The summed E-state index contributed by atoms with van der Waals surface area (Å²) in [6, 6.07) is 6.67. The van der Waals surface area contributed by atoms with Crippen molar-refractivity contribution in [3.05, 3.63) is 35.4 Å². The molecule has 0 bridgehead atoms. The van der Waals surface area contributed by atoms with Gasteiger partial charge in [0.2, 0.25) is 5.91 Å². The van der Waals surface area contributed by atoms with Crippen LogP contribution in [0.15, 0.2) is 24.3 Å². The van der Waals surface area contributed by atoms with Gasteiger partial charge >= 0.3 is 0 Å². The molecule has 1 aromatic carbocycles. The molecule has 28 heavy (non-hydrogen) atoms. The monoisotopic (exact) mass is 407 g/mol. The molecule has 0 aliphatic heterocycles. The van der Waals surface area contributed by atoms with E-state index in [1.807, 2.05) is 32.2 Å². The molecule has 7 heteroatoms. The topological polar surface area (TPSA) is 87.3 Å². The number of rotatable bonds is 8. The quantitative estimate of drug-likeness (QED) is 0.578. The summed E-state index contributed by atoms with van der Waals surface area (Å²) in [4.78, 5) is 36.8. The zero-order chi connectivity index (χ0) is 21.3. The van der Waals surface area contributed by atoms with Crippen LogP contribution >= 0.6 is 11.8 Å². The SMILES string of the molecule is CSCCC(NC(=O)c1ccc(C(C)(C)C)cc1)C(=O)NNC(=O)CC(C)C. The Hall–Kier alpha value is -2.02. The van der Waals surface area contributed by atoms with E-state index in [4.69, 9.17) is 0 Å². The van der Waals surface area contributed by atoms with E-state index in [2.05, 4.69) is 36.9 Å². The van der Waals surface area contributed by atoms with Crippen LogP contribution in [-0.2, 0) is 15.0 Å². The van der Waals surface area contributed by atoms with Gasteiger partial charge in [0, 0.05) is 12.0 Å². The number of carbonyl (C=O) groups excluding carboxylic acids is 3. The van der Waals surface area contributed by atoms with Gasteiger partial charge in [0.1, 0.15) is 6.04 Å². The molecule has 0 aliphatic carbocycles. The van der Waals surface area contributed by atoms with Crippen LogP contribution in [0.25, 0.3) is 0 Å². The summed E-state index contributed by atoms with van der Waals surface area (Å²) in [5.74, 6) is -0.0848. The van der Waals surface area contributed by atoms with Crippen molar-refractivity contribution >= 4 is 29.5 Å². The molecule has 3 N–H and O–H groups in total. The second-order valence-electron chi connectivity index (χ2n) is 8.27. The van der Waals surface area contributed by atoms with Crippen LogP contribution in [0.1, 0.15) is 63.4 Å². The lowest BCUT2D eigenvalue weighted by atomic mass is 9.86. The first kappa shape index (κ1) is 24.0. The van der Waals surface area contributed by atoms with Crippen molar-refractivity contribution < 1.29 is 14.4 Å². The third kappa shape index (κ3) is 8.33. The third-order valence-corrected chi connectivity index (χ3v) is 4.81. The van der Waals surface area contributed by atoms with Gasteiger partial charge in [-0.3, -0.25) is 25.2 Å². The van der Waals surface area contributed by atoms with Crippen LogP contribution in [0.3, 0.4) is 0 Å². The molecule has 0 radical (unpaired) electrons. The largest absolute Gasteiger partial charge is 0.340 e. The Bertz CT molecular complexity index is 666. The smallest absolute Gasteiger partial charge is 0.260 e. The maximum absolute atomic E-state index is 12.6. The number of benzene rings is 1. The molecule has 0 aliphatic rings. The Morgan fingerprint density at radius 2 is 1.64 bits per heavy atom. The van der Waals surface area contributed by atoms with Crippen LogP contribution in [-0.4, -0.2) is 35.8 Å². The summed E-state index contributed by atoms with van der Waals surface area (Å²) >= 11 is 1.59. The Morgan fingerprint density at radius 1 is 1.04 bits per heavy atom. The minimum absolute atomic E-state index is 0.00394. The van der Waals surface area contributed by atoms with Gasteiger partial charge in [-0.05, 0) is 47.5 Å². The maximum atomic E-state index is 12.6. The summed E-state index contributed by atoms with van der Waals surface area (Å²) in [5.41, 5.74) is 6.47. The van der Waals surface area contributed by atoms with E-state index in [-0.39, 0.29) is 23.1 Å². The van der Waals surface area contributed by atoms with Crippen molar-refractivity contribution in [2.24, 2.45) is 5.92 Å². The summed E-state index contributed by atoms with van der Waals surface area (Å²) in [5, 5.41) is 2.77. The lowest BCUT2D eigenvalue weighted by Gasteiger charge is -2.20. The minimum Gasteiger partial charge on any atom is -0.340 e. The first-order chi connectivity index (χ1) is 13.0. The van der Waals surface area contributed by atoms with E-state index in [1.54, 1.807) is 23.9 Å². The number of hydrazine groups is 1. The number of carbonyl (C=O) groups is 3.